The van der Waals surface area contributed by atoms with Crippen LogP contribution in [0.3, 0.4) is 0 Å². The van der Waals surface area contributed by atoms with E-state index in [9.17, 15) is 0 Å². The molecule has 0 aliphatic carbocycles. The zero-order chi connectivity index (χ0) is 17.4. The smallest absolute Gasteiger partial charge is 0.134 e. The lowest BCUT2D eigenvalue weighted by molar-refractivity contribution is 0.946. The van der Waals surface area contributed by atoms with Crippen LogP contribution in [0.15, 0.2) is 47.7 Å². The molecule has 0 fully saturated rings. The Morgan fingerprint density at radius 1 is 1.16 bits per heavy atom. The maximum atomic E-state index is 4.58. The molecule has 0 spiro atoms. The fourth-order valence-electron chi connectivity index (χ4n) is 3.04. The van der Waals surface area contributed by atoms with Crippen molar-refractivity contribution in [2.75, 3.05) is 11.9 Å². The molecule has 0 bridgehead atoms. The molecule has 6 heteroatoms. The zero-order valence-electron chi connectivity index (χ0n) is 14.5. The second kappa shape index (κ2) is 6.29. The summed E-state index contributed by atoms with van der Waals surface area (Å²) in [6.45, 7) is 2.18. The highest BCUT2D eigenvalue weighted by atomic mass is 32.1. The monoisotopic (exact) mass is 349 g/mol. The predicted molar refractivity (Wildman–Crippen MR) is 104 cm³/mol. The first-order valence-electron chi connectivity index (χ1n) is 8.19. The Hall–Kier alpha value is -2.73. The van der Waals surface area contributed by atoms with Crippen LogP contribution in [0.5, 0.6) is 0 Å². The van der Waals surface area contributed by atoms with Crippen LogP contribution in [0.1, 0.15) is 12.5 Å². The lowest BCUT2D eigenvalue weighted by atomic mass is 10.0. The van der Waals surface area contributed by atoms with E-state index in [4.69, 9.17) is 0 Å². The number of hydrogen-bond donors (Lipinski definition) is 0. The molecule has 5 nitrogen and oxygen atoms in total. The number of pyridine rings is 1. The topological polar surface area (TPSA) is 46.8 Å². The quantitative estimate of drug-likeness (QED) is 0.547. The van der Waals surface area contributed by atoms with Crippen molar-refractivity contribution in [3.8, 4) is 11.3 Å². The van der Waals surface area contributed by atoms with Crippen LogP contribution in [0, 0.1) is 0 Å². The van der Waals surface area contributed by atoms with E-state index in [2.05, 4.69) is 63.5 Å². The van der Waals surface area contributed by atoms with Gasteiger partial charge in [0, 0.05) is 36.8 Å². The lowest BCUT2D eigenvalue weighted by Crippen LogP contribution is -2.13. The number of aromatic nitrogens is 4. The Bertz CT molecular complexity index is 1020. The first kappa shape index (κ1) is 15.8. The number of nitrogens with zero attached hydrogens (tertiary/aromatic N) is 5. The second-order valence-corrected chi connectivity index (χ2v) is 6.74. The van der Waals surface area contributed by atoms with Gasteiger partial charge in [-0.25, -0.2) is 15.0 Å². The summed E-state index contributed by atoms with van der Waals surface area (Å²) in [5, 5.41) is 2.08. The van der Waals surface area contributed by atoms with E-state index >= 15 is 0 Å². The van der Waals surface area contributed by atoms with E-state index in [0.29, 0.717) is 0 Å². The van der Waals surface area contributed by atoms with Crippen LogP contribution >= 0.6 is 11.3 Å². The summed E-state index contributed by atoms with van der Waals surface area (Å²) in [6.07, 6.45) is 4.60. The largest absolute Gasteiger partial charge is 0.334 e. The van der Waals surface area contributed by atoms with Gasteiger partial charge in [0.2, 0.25) is 0 Å². The van der Waals surface area contributed by atoms with Crippen molar-refractivity contribution in [3.05, 3.63) is 53.2 Å². The summed E-state index contributed by atoms with van der Waals surface area (Å²) < 4.78 is 2.01. The van der Waals surface area contributed by atoms with Crippen molar-refractivity contribution in [2.24, 2.45) is 7.05 Å². The van der Waals surface area contributed by atoms with Gasteiger partial charge in [-0.2, -0.15) is 0 Å². The highest BCUT2D eigenvalue weighted by Gasteiger charge is 2.13. The van der Waals surface area contributed by atoms with Crippen molar-refractivity contribution < 1.29 is 0 Å². The molecule has 0 radical (unpaired) electrons. The zero-order valence-corrected chi connectivity index (χ0v) is 15.3. The van der Waals surface area contributed by atoms with Crippen LogP contribution in [-0.2, 0) is 13.5 Å². The summed E-state index contributed by atoms with van der Waals surface area (Å²) >= 11 is 1.62. The van der Waals surface area contributed by atoms with Crippen molar-refractivity contribution >= 4 is 33.9 Å². The molecule has 0 N–H and O–H groups in total. The number of benzene rings is 1. The number of aryl methyl sites for hydroxylation is 2. The molecule has 0 atom stereocenters. The van der Waals surface area contributed by atoms with Crippen molar-refractivity contribution in [1.82, 2.24) is 19.5 Å². The number of anilines is 2. The number of imidazole rings is 1. The summed E-state index contributed by atoms with van der Waals surface area (Å²) in [6, 6.07) is 8.59. The van der Waals surface area contributed by atoms with Gasteiger partial charge in [0.1, 0.15) is 11.3 Å². The highest BCUT2D eigenvalue weighted by molar-refractivity contribution is 7.07. The minimum absolute atomic E-state index is 0.909. The Morgan fingerprint density at radius 3 is 2.80 bits per heavy atom. The summed E-state index contributed by atoms with van der Waals surface area (Å²) in [5.74, 6) is 0.909. The maximum Gasteiger partial charge on any atom is 0.134 e. The van der Waals surface area contributed by atoms with Crippen molar-refractivity contribution in [2.45, 2.75) is 13.3 Å². The summed E-state index contributed by atoms with van der Waals surface area (Å²) in [5.41, 5.74) is 8.49. The third kappa shape index (κ3) is 2.78. The van der Waals surface area contributed by atoms with Gasteiger partial charge in [-0.05, 0) is 24.1 Å². The van der Waals surface area contributed by atoms with Crippen LogP contribution in [-0.4, -0.2) is 26.6 Å². The highest BCUT2D eigenvalue weighted by Crippen LogP contribution is 2.31. The van der Waals surface area contributed by atoms with Gasteiger partial charge >= 0.3 is 0 Å². The van der Waals surface area contributed by atoms with Crippen molar-refractivity contribution in [1.29, 1.82) is 0 Å². The molecule has 3 aromatic heterocycles. The molecule has 126 valence electrons. The normalized spacial score (nSPS) is 11.2. The average Bonchev–Trinajstić information content (AvgIpc) is 3.31. The Balaban J connectivity index is 1.75. The average molecular weight is 349 g/mol. The van der Waals surface area contributed by atoms with Crippen LogP contribution in [0.2, 0.25) is 0 Å². The molecule has 4 rings (SSSR count). The SMILES string of the molecule is CCc1cc(-c2cscn2)ccc1N(C)c1cc2c(cn1)ncn2C. The molecule has 0 aliphatic heterocycles. The third-order valence-electron chi connectivity index (χ3n) is 4.49. The van der Waals surface area contributed by atoms with Gasteiger partial charge in [-0.15, -0.1) is 11.3 Å². The first-order chi connectivity index (χ1) is 12.2. The number of thiazole rings is 1. The fraction of sp³-hybridized carbons (Fsp3) is 0.211. The Morgan fingerprint density at radius 2 is 2.04 bits per heavy atom. The molecule has 0 saturated heterocycles. The summed E-state index contributed by atoms with van der Waals surface area (Å²) in [7, 11) is 4.06. The standard InChI is InChI=1S/C19H19N5S/c1-4-13-7-14(16-10-25-12-22-16)5-6-17(13)24(3)19-8-18-15(9-20-19)21-11-23(18)2/h5-12H,4H2,1-3H3. The first-order valence-corrected chi connectivity index (χ1v) is 9.14. The van der Waals surface area contributed by atoms with E-state index in [1.54, 1.807) is 11.3 Å². The summed E-state index contributed by atoms with van der Waals surface area (Å²) in [4.78, 5) is 15.5. The molecule has 0 amide bonds. The lowest BCUT2D eigenvalue weighted by Gasteiger charge is -2.22. The molecular formula is C19H19N5S. The molecule has 0 unspecified atom stereocenters. The maximum absolute atomic E-state index is 4.58. The Labute approximate surface area is 150 Å². The molecule has 3 heterocycles. The van der Waals surface area contributed by atoms with Gasteiger partial charge in [-0.3, -0.25) is 0 Å². The van der Waals surface area contributed by atoms with E-state index < -0.39 is 0 Å². The molecule has 0 aliphatic rings. The van der Waals surface area contributed by atoms with Gasteiger partial charge in [0.15, 0.2) is 0 Å². The second-order valence-electron chi connectivity index (χ2n) is 6.02. The number of fused-ring (bicyclic) bond motifs is 1. The molecule has 4 aromatic rings. The minimum atomic E-state index is 0.909. The minimum Gasteiger partial charge on any atom is -0.334 e. The molecule has 25 heavy (non-hydrogen) atoms. The number of rotatable bonds is 4. The van der Waals surface area contributed by atoms with E-state index in [0.717, 1.165) is 40.2 Å². The van der Waals surface area contributed by atoms with Gasteiger partial charge in [0.05, 0.1) is 29.2 Å². The Kier molecular flexibility index (Phi) is 3.97. The van der Waals surface area contributed by atoms with E-state index in [1.165, 1.54) is 5.56 Å². The van der Waals surface area contributed by atoms with Crippen molar-refractivity contribution in [3.63, 3.8) is 0 Å². The fourth-order valence-corrected chi connectivity index (χ4v) is 3.60. The van der Waals surface area contributed by atoms with E-state index in [-0.39, 0.29) is 0 Å². The molecule has 1 aromatic carbocycles. The van der Waals surface area contributed by atoms with Gasteiger partial charge in [-0.1, -0.05) is 13.0 Å². The van der Waals surface area contributed by atoms with Crippen LogP contribution in [0.4, 0.5) is 11.5 Å². The van der Waals surface area contributed by atoms with E-state index in [1.807, 2.05) is 29.6 Å². The van der Waals surface area contributed by atoms with Gasteiger partial charge < -0.3 is 9.47 Å². The predicted octanol–water partition coefficient (Wildman–Crippen LogP) is 4.42. The molecule has 0 saturated carbocycles. The number of hydrogen-bond acceptors (Lipinski definition) is 5. The van der Waals surface area contributed by atoms with Crippen LogP contribution < -0.4 is 4.90 Å². The third-order valence-corrected chi connectivity index (χ3v) is 5.08. The van der Waals surface area contributed by atoms with Gasteiger partial charge in [0.25, 0.3) is 0 Å². The molecular weight excluding hydrogens is 330 g/mol. The van der Waals surface area contributed by atoms with Crippen LogP contribution in [0.25, 0.3) is 22.3 Å².